The fraction of sp³-hybridized carbons (Fsp3) is 0.367. The van der Waals surface area contributed by atoms with Crippen LogP contribution < -0.4 is 10.1 Å². The summed E-state index contributed by atoms with van der Waals surface area (Å²) in [7, 11) is 0. The molecule has 0 aromatic heterocycles. The van der Waals surface area contributed by atoms with Gasteiger partial charge in [-0.1, -0.05) is 79.0 Å². The van der Waals surface area contributed by atoms with Gasteiger partial charge in [-0.25, -0.2) is 0 Å². The molecule has 0 spiro atoms. The van der Waals surface area contributed by atoms with Gasteiger partial charge in [0.1, 0.15) is 12.4 Å². The van der Waals surface area contributed by atoms with Crippen molar-refractivity contribution in [3.8, 4) is 5.75 Å². The largest absolute Gasteiger partial charge is 0.489 e. The number of ether oxygens (including phenoxy) is 2. The van der Waals surface area contributed by atoms with Gasteiger partial charge < -0.3 is 14.8 Å². The summed E-state index contributed by atoms with van der Waals surface area (Å²) in [4.78, 5) is 13.0. The molecule has 1 saturated heterocycles. The number of hydrogen-bond donors (Lipinski definition) is 1. The van der Waals surface area contributed by atoms with E-state index in [9.17, 15) is 4.79 Å². The number of halogens is 1. The molecule has 2 aliphatic rings. The Kier molecular flexibility index (Phi) is 7.70. The van der Waals surface area contributed by atoms with Gasteiger partial charge in [-0.2, -0.15) is 0 Å². The lowest BCUT2D eigenvalue weighted by Crippen LogP contribution is -2.51. The maximum absolute atomic E-state index is 13.0. The van der Waals surface area contributed by atoms with Crippen LogP contribution in [0.15, 0.2) is 78.9 Å². The van der Waals surface area contributed by atoms with E-state index in [4.69, 9.17) is 21.1 Å². The Morgan fingerprint density at radius 1 is 0.943 bits per heavy atom. The van der Waals surface area contributed by atoms with Crippen LogP contribution in [-0.4, -0.2) is 18.1 Å². The quantitative estimate of drug-likeness (QED) is 0.403. The lowest BCUT2D eigenvalue weighted by Gasteiger charge is -2.45. The van der Waals surface area contributed by atoms with Gasteiger partial charge in [0.2, 0.25) is 5.91 Å². The molecule has 3 aromatic carbocycles. The summed E-state index contributed by atoms with van der Waals surface area (Å²) < 4.78 is 12.7. The summed E-state index contributed by atoms with van der Waals surface area (Å²) >= 11 is 5.99. The molecule has 0 unspecified atom stereocenters. The molecule has 4 atom stereocenters. The van der Waals surface area contributed by atoms with Gasteiger partial charge in [0.15, 0.2) is 0 Å². The molecule has 35 heavy (non-hydrogen) atoms. The van der Waals surface area contributed by atoms with Crippen molar-refractivity contribution in [3.63, 3.8) is 0 Å². The van der Waals surface area contributed by atoms with E-state index < -0.39 is 0 Å². The highest BCUT2D eigenvalue weighted by Gasteiger charge is 2.41. The van der Waals surface area contributed by atoms with Crippen LogP contribution in [0, 0.1) is 5.92 Å². The highest BCUT2D eigenvalue weighted by Crippen LogP contribution is 2.42. The Hall–Kier alpha value is -2.82. The number of carbonyl (C=O) groups excluding carboxylic acids is 1. The lowest BCUT2D eigenvalue weighted by atomic mass is 9.76. The van der Waals surface area contributed by atoms with Gasteiger partial charge in [0.05, 0.1) is 18.6 Å². The van der Waals surface area contributed by atoms with Gasteiger partial charge in [0.25, 0.3) is 0 Å². The van der Waals surface area contributed by atoms with E-state index in [1.807, 2.05) is 54.6 Å². The molecule has 1 N–H and O–H groups in total. The predicted octanol–water partition coefficient (Wildman–Crippen LogP) is 6.67. The summed E-state index contributed by atoms with van der Waals surface area (Å²) in [5.74, 6) is 1.26. The molecule has 1 heterocycles. The van der Waals surface area contributed by atoms with Crippen LogP contribution in [0.25, 0.3) is 0 Å². The monoisotopic (exact) mass is 489 g/mol. The molecule has 1 saturated carbocycles. The van der Waals surface area contributed by atoms with Crippen LogP contribution in [0.2, 0.25) is 5.02 Å². The van der Waals surface area contributed by atoms with E-state index in [0.29, 0.717) is 24.0 Å². The third-order valence-electron chi connectivity index (χ3n) is 7.18. The minimum Gasteiger partial charge on any atom is -0.489 e. The normalized spacial score (nSPS) is 23.8. The summed E-state index contributed by atoms with van der Waals surface area (Å²) in [6.45, 7) is 0.532. The first-order valence-corrected chi connectivity index (χ1v) is 13.0. The van der Waals surface area contributed by atoms with Crippen molar-refractivity contribution in [3.05, 3.63) is 101 Å². The maximum Gasteiger partial charge on any atom is 0.224 e. The molecule has 3 aromatic rings. The average Bonchev–Trinajstić information content (AvgIpc) is 2.89. The van der Waals surface area contributed by atoms with Crippen LogP contribution in [0.5, 0.6) is 5.75 Å². The van der Waals surface area contributed by atoms with E-state index in [0.717, 1.165) is 41.7 Å². The third kappa shape index (κ3) is 6.25. The number of benzene rings is 3. The molecule has 182 valence electrons. The third-order valence-corrected chi connectivity index (χ3v) is 7.43. The summed E-state index contributed by atoms with van der Waals surface area (Å²) in [6, 6.07) is 26.0. The van der Waals surface area contributed by atoms with E-state index >= 15 is 0 Å². The van der Waals surface area contributed by atoms with Crippen molar-refractivity contribution in [2.24, 2.45) is 5.92 Å². The summed E-state index contributed by atoms with van der Waals surface area (Å²) in [5, 5.41) is 4.04. The molecule has 0 bridgehead atoms. The first kappa shape index (κ1) is 23.9. The zero-order chi connectivity index (χ0) is 24.0. The fourth-order valence-electron chi connectivity index (χ4n) is 5.40. The van der Waals surface area contributed by atoms with Gasteiger partial charge in [0, 0.05) is 17.0 Å². The first-order valence-electron chi connectivity index (χ1n) is 12.6. The first-order chi connectivity index (χ1) is 17.1. The zero-order valence-electron chi connectivity index (χ0n) is 19.9. The molecule has 4 nitrogen and oxygen atoms in total. The molecule has 5 heteroatoms. The van der Waals surface area contributed by atoms with Crippen molar-refractivity contribution in [1.82, 2.24) is 5.32 Å². The Morgan fingerprint density at radius 3 is 2.57 bits per heavy atom. The molecule has 2 fully saturated rings. The minimum absolute atomic E-state index is 0.0576. The molecule has 1 aliphatic heterocycles. The van der Waals surface area contributed by atoms with E-state index in [1.165, 1.54) is 12.8 Å². The van der Waals surface area contributed by atoms with Gasteiger partial charge >= 0.3 is 0 Å². The predicted molar refractivity (Wildman–Crippen MR) is 138 cm³/mol. The SMILES string of the molecule is O=C(Cc1ccc(Cl)cc1)N[C@H]1C[C@@H](c2cccc(OCc3ccccc3)c2)O[C@H]2CCCC[C@H]12. The second-order valence-electron chi connectivity index (χ2n) is 9.67. The second kappa shape index (κ2) is 11.3. The van der Waals surface area contributed by atoms with Crippen molar-refractivity contribution in [2.75, 3.05) is 0 Å². The number of amides is 1. The molecular weight excluding hydrogens is 458 g/mol. The van der Waals surface area contributed by atoms with E-state index in [-0.39, 0.29) is 24.2 Å². The van der Waals surface area contributed by atoms with Crippen molar-refractivity contribution < 1.29 is 14.3 Å². The van der Waals surface area contributed by atoms with Gasteiger partial charge in [-0.05, 0) is 60.2 Å². The van der Waals surface area contributed by atoms with Crippen LogP contribution in [0.3, 0.4) is 0 Å². The van der Waals surface area contributed by atoms with Crippen LogP contribution >= 0.6 is 11.6 Å². The number of nitrogens with one attached hydrogen (secondary N) is 1. The molecule has 0 radical (unpaired) electrons. The number of fused-ring (bicyclic) bond motifs is 1. The van der Waals surface area contributed by atoms with E-state index in [2.05, 4.69) is 29.6 Å². The molecule has 1 amide bonds. The fourth-order valence-corrected chi connectivity index (χ4v) is 5.52. The standard InChI is InChI=1S/C30H32ClNO3/c31-24-15-13-21(14-16-24)17-30(33)32-27-19-29(35-28-12-5-4-11-26(27)28)23-9-6-10-25(18-23)34-20-22-7-2-1-3-8-22/h1-3,6-10,13-16,18,26-29H,4-5,11-12,17,19-20H2,(H,32,33)/t26-,27+,28+,29+/m1/s1. The Bertz CT molecular complexity index is 1120. The number of rotatable bonds is 7. The highest BCUT2D eigenvalue weighted by atomic mass is 35.5. The Labute approximate surface area is 212 Å². The topological polar surface area (TPSA) is 47.6 Å². The van der Waals surface area contributed by atoms with Crippen LogP contribution in [-0.2, 0) is 22.6 Å². The Balaban J connectivity index is 1.27. The number of hydrogen-bond acceptors (Lipinski definition) is 3. The molecule has 1 aliphatic carbocycles. The zero-order valence-corrected chi connectivity index (χ0v) is 20.6. The smallest absolute Gasteiger partial charge is 0.224 e. The number of carbonyl (C=O) groups is 1. The minimum atomic E-state index is -0.0598. The van der Waals surface area contributed by atoms with Gasteiger partial charge in [-0.3, -0.25) is 4.79 Å². The molecular formula is C30H32ClNO3. The van der Waals surface area contributed by atoms with Gasteiger partial charge in [-0.15, -0.1) is 0 Å². The lowest BCUT2D eigenvalue weighted by molar-refractivity contribution is -0.132. The Morgan fingerprint density at radius 2 is 1.74 bits per heavy atom. The van der Waals surface area contributed by atoms with Crippen molar-refractivity contribution in [2.45, 2.75) is 63.4 Å². The summed E-state index contributed by atoms with van der Waals surface area (Å²) in [5.41, 5.74) is 3.22. The second-order valence-corrected chi connectivity index (χ2v) is 10.1. The average molecular weight is 490 g/mol. The van der Waals surface area contributed by atoms with E-state index in [1.54, 1.807) is 0 Å². The van der Waals surface area contributed by atoms with Crippen LogP contribution in [0.1, 0.15) is 54.9 Å². The molecule has 5 rings (SSSR count). The maximum atomic E-state index is 13.0. The highest BCUT2D eigenvalue weighted by molar-refractivity contribution is 6.30. The van der Waals surface area contributed by atoms with Crippen LogP contribution in [0.4, 0.5) is 0 Å². The van der Waals surface area contributed by atoms with Crippen molar-refractivity contribution >= 4 is 17.5 Å². The summed E-state index contributed by atoms with van der Waals surface area (Å²) in [6.07, 6.45) is 5.78. The van der Waals surface area contributed by atoms with Crippen molar-refractivity contribution in [1.29, 1.82) is 0 Å².